The summed E-state index contributed by atoms with van der Waals surface area (Å²) in [6, 6.07) is 17.3. The number of ether oxygens (including phenoxy) is 2. The molecule has 0 aromatic heterocycles. The van der Waals surface area contributed by atoms with Crippen molar-refractivity contribution in [2.24, 2.45) is 0 Å². The minimum atomic E-state index is -1.97. The van der Waals surface area contributed by atoms with Crippen LogP contribution in [0, 0.1) is 0 Å². The van der Waals surface area contributed by atoms with Gasteiger partial charge in [0, 0.05) is 13.8 Å². The maximum absolute atomic E-state index is 6.12. The van der Waals surface area contributed by atoms with Crippen molar-refractivity contribution in [3.05, 3.63) is 54.1 Å². The van der Waals surface area contributed by atoms with Crippen molar-refractivity contribution in [1.29, 1.82) is 0 Å². The molecule has 1 atom stereocenters. The average Bonchev–Trinajstić information content (AvgIpc) is 2.90. The molecule has 2 aliphatic rings. The van der Waals surface area contributed by atoms with Crippen molar-refractivity contribution >= 4 is 24.3 Å². The molecule has 2 heterocycles. The van der Waals surface area contributed by atoms with Crippen LogP contribution >= 0.6 is 0 Å². The van der Waals surface area contributed by atoms with Crippen LogP contribution in [0.4, 0.5) is 0 Å². The van der Waals surface area contributed by atoms with E-state index in [1.807, 2.05) is 0 Å². The van der Waals surface area contributed by atoms with Crippen LogP contribution in [0.2, 0.25) is 6.55 Å². The molecule has 1 unspecified atom stereocenters. The maximum Gasteiger partial charge on any atom is 0.370 e. The van der Waals surface area contributed by atoms with E-state index in [0.717, 1.165) is 24.4 Å². The average molecular weight is 339 g/mol. The normalized spacial score (nSPS) is 24.2. The molecule has 0 aliphatic carbocycles. The monoisotopic (exact) mass is 338 g/mol. The highest BCUT2D eigenvalue weighted by Gasteiger charge is 2.54. The van der Waals surface area contributed by atoms with Gasteiger partial charge >= 0.3 is 5.90 Å². The summed E-state index contributed by atoms with van der Waals surface area (Å²) in [4.78, 5) is 0. The van der Waals surface area contributed by atoms with Gasteiger partial charge in [0.2, 0.25) is 0 Å². The lowest BCUT2D eigenvalue weighted by atomic mass is 10.1. The summed E-state index contributed by atoms with van der Waals surface area (Å²) in [6.07, 6.45) is 1.02. The van der Waals surface area contributed by atoms with Crippen molar-refractivity contribution in [3.63, 3.8) is 0 Å². The molecule has 0 saturated heterocycles. The highest BCUT2D eigenvalue weighted by Crippen LogP contribution is 2.28. The number of fused-ring (bicyclic) bond motifs is 2. The molecule has 4 heteroatoms. The van der Waals surface area contributed by atoms with Gasteiger partial charge in [0.05, 0.1) is 12.7 Å². The molecule has 0 amide bonds. The van der Waals surface area contributed by atoms with E-state index < -0.39 is 8.07 Å². The Morgan fingerprint density at radius 3 is 2.46 bits per heavy atom. The molecule has 24 heavy (non-hydrogen) atoms. The first-order chi connectivity index (χ1) is 11.5. The molecule has 2 aromatic carbocycles. The predicted molar refractivity (Wildman–Crippen MR) is 99.6 cm³/mol. The Labute approximate surface area is 144 Å². The van der Waals surface area contributed by atoms with Crippen LogP contribution in [0.25, 0.3) is 0 Å². The first-order valence-corrected chi connectivity index (χ1v) is 11.2. The summed E-state index contributed by atoms with van der Waals surface area (Å²) in [5.74, 6) is 2.05. The van der Waals surface area contributed by atoms with Crippen LogP contribution in [0.1, 0.15) is 19.4 Å². The van der Waals surface area contributed by atoms with Gasteiger partial charge in [0.15, 0.2) is 20.2 Å². The van der Waals surface area contributed by atoms with Crippen LogP contribution in [-0.2, 0) is 4.74 Å². The Hall–Kier alpha value is -2.07. The Morgan fingerprint density at radius 2 is 1.71 bits per heavy atom. The lowest BCUT2D eigenvalue weighted by molar-refractivity contribution is -0.575. The number of benzene rings is 2. The topological polar surface area (TPSA) is 21.5 Å². The van der Waals surface area contributed by atoms with Crippen LogP contribution in [0.3, 0.4) is 0 Å². The molecule has 3 nitrogen and oxygen atoms in total. The van der Waals surface area contributed by atoms with Gasteiger partial charge in [-0.2, -0.15) is 4.58 Å². The minimum absolute atomic E-state index is 0.0269. The van der Waals surface area contributed by atoms with E-state index in [0.29, 0.717) is 0 Å². The number of hydrogen-bond donors (Lipinski definition) is 0. The second-order valence-electron chi connectivity index (χ2n) is 7.57. The van der Waals surface area contributed by atoms with Gasteiger partial charge in [-0.1, -0.05) is 42.9 Å². The summed E-state index contributed by atoms with van der Waals surface area (Å²) < 4.78 is 14.3. The molecule has 2 aromatic rings. The third kappa shape index (κ3) is 2.06. The second-order valence-corrected chi connectivity index (χ2v) is 11.6. The van der Waals surface area contributed by atoms with Gasteiger partial charge in [-0.15, -0.1) is 0 Å². The molecule has 0 radical (unpaired) electrons. The fourth-order valence-corrected chi connectivity index (χ4v) is 8.34. The summed E-state index contributed by atoms with van der Waals surface area (Å²) in [6.45, 7) is 7.73. The van der Waals surface area contributed by atoms with Crippen molar-refractivity contribution in [2.75, 3.05) is 19.9 Å². The quantitative estimate of drug-likeness (QED) is 0.617. The Kier molecular flexibility index (Phi) is 3.36. The highest BCUT2D eigenvalue weighted by atomic mass is 28.3. The van der Waals surface area contributed by atoms with Crippen LogP contribution in [0.15, 0.2) is 48.5 Å². The molecule has 0 N–H and O–H groups in total. The molecule has 0 bridgehead atoms. The van der Waals surface area contributed by atoms with Gasteiger partial charge in [-0.05, 0) is 22.5 Å². The van der Waals surface area contributed by atoms with Gasteiger partial charge in [-0.25, -0.2) is 0 Å². The molecular weight excluding hydrogens is 314 g/mol. The van der Waals surface area contributed by atoms with E-state index in [9.17, 15) is 0 Å². The van der Waals surface area contributed by atoms with E-state index in [-0.39, 0.29) is 5.54 Å². The lowest BCUT2D eigenvalue weighted by Gasteiger charge is -2.33. The number of rotatable bonds is 2. The van der Waals surface area contributed by atoms with Crippen molar-refractivity contribution in [3.8, 4) is 5.75 Å². The van der Waals surface area contributed by atoms with Crippen molar-refractivity contribution in [1.82, 2.24) is 0 Å². The van der Waals surface area contributed by atoms with Gasteiger partial charge in [-0.3, -0.25) is 0 Å². The smallest absolute Gasteiger partial charge is 0.370 e. The summed E-state index contributed by atoms with van der Waals surface area (Å²) in [7, 11) is -0.204. The third-order valence-corrected chi connectivity index (χ3v) is 9.64. The molecule has 4 rings (SSSR count). The van der Waals surface area contributed by atoms with E-state index in [1.54, 1.807) is 7.11 Å². The molecule has 124 valence electrons. The molecular formula is C20H24NO2Si+. The van der Waals surface area contributed by atoms with Crippen molar-refractivity contribution < 1.29 is 14.0 Å². The first-order valence-electron chi connectivity index (χ1n) is 8.48. The van der Waals surface area contributed by atoms with Gasteiger partial charge in [0.1, 0.15) is 11.9 Å². The molecule has 0 spiro atoms. The lowest BCUT2D eigenvalue weighted by Crippen LogP contribution is -2.67. The Bertz CT molecular complexity index is 843. The van der Waals surface area contributed by atoms with E-state index in [2.05, 4.69) is 73.5 Å². The summed E-state index contributed by atoms with van der Waals surface area (Å²) >= 11 is 0. The first kappa shape index (κ1) is 15.5. The number of nitrogens with zero attached hydrogens (tertiary/aromatic N) is 1. The zero-order chi connectivity index (χ0) is 16.9. The highest BCUT2D eigenvalue weighted by molar-refractivity contribution is 7.02. The summed E-state index contributed by atoms with van der Waals surface area (Å²) in [5.41, 5.74) is 1.29. The van der Waals surface area contributed by atoms with Gasteiger partial charge in [0.25, 0.3) is 0 Å². The van der Waals surface area contributed by atoms with Crippen LogP contribution < -0.4 is 15.1 Å². The fourth-order valence-electron chi connectivity index (χ4n) is 4.07. The number of hydrogen-bond acceptors (Lipinski definition) is 2. The third-order valence-electron chi connectivity index (χ3n) is 5.47. The number of methoxy groups -OCH3 is 1. The largest absolute Gasteiger partial charge is 0.497 e. The Morgan fingerprint density at radius 1 is 1.04 bits per heavy atom. The SMILES string of the molecule is COc1ccccc1[Si]1(C)C[N+]2=C(OCC2(C)C)c2ccccc21. The number of para-hydroxylation sites is 1. The predicted octanol–water partition coefficient (Wildman–Crippen LogP) is 2.01. The summed E-state index contributed by atoms with van der Waals surface area (Å²) in [5, 5.41) is 2.81. The zero-order valence-corrected chi connectivity index (χ0v) is 15.8. The minimum Gasteiger partial charge on any atom is -0.497 e. The van der Waals surface area contributed by atoms with E-state index in [4.69, 9.17) is 9.47 Å². The van der Waals surface area contributed by atoms with Crippen LogP contribution in [-0.4, -0.2) is 44.0 Å². The van der Waals surface area contributed by atoms with E-state index in [1.165, 1.54) is 15.9 Å². The molecule has 0 fully saturated rings. The van der Waals surface area contributed by atoms with E-state index >= 15 is 0 Å². The molecule has 2 aliphatic heterocycles. The fraction of sp³-hybridized carbons (Fsp3) is 0.350. The molecule has 0 saturated carbocycles. The van der Waals surface area contributed by atoms with Gasteiger partial charge < -0.3 is 9.47 Å². The standard InChI is InChI=1S/C20H24NO2Si/c1-20(2)13-23-19-15-9-5-7-11-17(15)24(4,14-21(19)20)18-12-8-6-10-16(18)22-3/h5-12H,13-14H2,1-4H3/q+1. The van der Waals surface area contributed by atoms with Crippen LogP contribution in [0.5, 0.6) is 5.75 Å². The Balaban J connectivity index is 1.98. The maximum atomic E-state index is 6.12. The van der Waals surface area contributed by atoms with Crippen molar-refractivity contribution in [2.45, 2.75) is 25.9 Å². The second kappa shape index (κ2) is 5.21. The zero-order valence-electron chi connectivity index (χ0n) is 14.8.